The van der Waals surface area contributed by atoms with Gasteiger partial charge in [-0.15, -0.1) is 0 Å². The highest BCUT2D eigenvalue weighted by Gasteiger charge is 2.15. The monoisotopic (exact) mass is 375 g/mol. The lowest BCUT2D eigenvalue weighted by molar-refractivity contribution is -0.136. The average Bonchev–Trinajstić information content (AvgIpc) is 2.63. The van der Waals surface area contributed by atoms with E-state index in [0.29, 0.717) is 28.7 Å². The van der Waals surface area contributed by atoms with Crippen LogP contribution in [0.15, 0.2) is 47.6 Å². The van der Waals surface area contributed by atoms with E-state index >= 15 is 0 Å². The lowest BCUT2D eigenvalue weighted by atomic mass is 10.2. The molecule has 0 heterocycles. The van der Waals surface area contributed by atoms with E-state index in [1.54, 1.807) is 24.3 Å². The van der Waals surface area contributed by atoms with E-state index in [9.17, 15) is 9.59 Å². The lowest BCUT2D eigenvalue weighted by Crippen LogP contribution is -2.32. The number of hydrogen-bond donors (Lipinski definition) is 2. The molecule has 0 saturated heterocycles. The fraction of sp³-hybridized carbons (Fsp3) is 0.167. The van der Waals surface area contributed by atoms with Crippen LogP contribution < -0.4 is 20.2 Å². The number of para-hydroxylation sites is 1. The number of hydrazone groups is 1. The Morgan fingerprint density at radius 2 is 1.92 bits per heavy atom. The molecule has 8 heteroatoms. The molecule has 2 amide bonds. The van der Waals surface area contributed by atoms with Gasteiger partial charge in [0, 0.05) is 10.6 Å². The van der Waals surface area contributed by atoms with Gasteiger partial charge in [-0.2, -0.15) is 5.10 Å². The number of nitrogens with one attached hydrogen (secondary N) is 2. The van der Waals surface area contributed by atoms with Crippen molar-refractivity contribution in [3.05, 3.63) is 53.1 Å². The number of methoxy groups -OCH3 is 1. The molecule has 2 aromatic carbocycles. The predicted octanol–water partition coefficient (Wildman–Crippen LogP) is 2.84. The molecule has 0 atom stereocenters. The molecule has 0 saturated carbocycles. The first kappa shape index (κ1) is 19.3. The number of halogens is 1. The molecule has 2 aromatic rings. The molecule has 0 radical (unpaired) electrons. The van der Waals surface area contributed by atoms with Gasteiger partial charge in [0.1, 0.15) is 11.5 Å². The number of anilines is 1. The maximum Gasteiger partial charge on any atom is 0.329 e. The standard InChI is InChI=1S/C18H18ClN3O4/c1-3-26-15-7-5-4-6-12(15)11-20-22-18(24)17(23)21-14-10-13(19)8-9-16(14)25-2/h4-11H,3H2,1-2H3,(H,21,23)(H,22,24)/b20-11-. The van der Waals surface area contributed by atoms with Crippen molar-refractivity contribution < 1.29 is 19.1 Å². The predicted molar refractivity (Wildman–Crippen MR) is 100.0 cm³/mol. The van der Waals surface area contributed by atoms with Crippen molar-refractivity contribution in [2.75, 3.05) is 19.0 Å². The van der Waals surface area contributed by atoms with Crippen LogP contribution in [0.4, 0.5) is 5.69 Å². The van der Waals surface area contributed by atoms with E-state index in [1.807, 2.05) is 19.1 Å². The van der Waals surface area contributed by atoms with Gasteiger partial charge in [0.15, 0.2) is 0 Å². The summed E-state index contributed by atoms with van der Waals surface area (Å²) in [5, 5.41) is 6.60. The third-order valence-corrected chi connectivity index (χ3v) is 3.44. The summed E-state index contributed by atoms with van der Waals surface area (Å²) in [4.78, 5) is 23.9. The second kappa shape index (κ2) is 9.43. The Balaban J connectivity index is 2.00. The Bertz CT molecular complexity index is 824. The van der Waals surface area contributed by atoms with Gasteiger partial charge in [0.25, 0.3) is 0 Å². The van der Waals surface area contributed by atoms with Crippen molar-refractivity contribution in [3.63, 3.8) is 0 Å². The number of nitrogens with zero attached hydrogens (tertiary/aromatic N) is 1. The fourth-order valence-corrected chi connectivity index (χ4v) is 2.21. The van der Waals surface area contributed by atoms with Crippen molar-refractivity contribution in [3.8, 4) is 11.5 Å². The number of benzene rings is 2. The second-order valence-electron chi connectivity index (χ2n) is 4.97. The summed E-state index contributed by atoms with van der Waals surface area (Å²) in [5.74, 6) is -0.830. The van der Waals surface area contributed by atoms with Crippen LogP contribution in [0.3, 0.4) is 0 Å². The van der Waals surface area contributed by atoms with E-state index in [0.717, 1.165) is 0 Å². The van der Waals surface area contributed by atoms with Crippen molar-refractivity contribution in [2.24, 2.45) is 5.10 Å². The number of carbonyl (C=O) groups is 2. The molecule has 2 rings (SSSR count). The topological polar surface area (TPSA) is 89.0 Å². The molecule has 0 unspecified atom stereocenters. The van der Waals surface area contributed by atoms with Gasteiger partial charge in [0.05, 0.1) is 25.6 Å². The molecule has 0 aliphatic carbocycles. The molecule has 7 nitrogen and oxygen atoms in total. The van der Waals surface area contributed by atoms with E-state index in [2.05, 4.69) is 15.8 Å². The SMILES string of the molecule is CCOc1ccccc1/C=N\NC(=O)C(=O)Nc1cc(Cl)ccc1OC. The van der Waals surface area contributed by atoms with E-state index in [1.165, 1.54) is 19.4 Å². The van der Waals surface area contributed by atoms with Crippen molar-refractivity contribution in [1.82, 2.24) is 5.43 Å². The van der Waals surface area contributed by atoms with Gasteiger partial charge >= 0.3 is 11.8 Å². The van der Waals surface area contributed by atoms with Crippen LogP contribution in [0.1, 0.15) is 12.5 Å². The van der Waals surface area contributed by atoms with Gasteiger partial charge in [-0.1, -0.05) is 23.7 Å². The molecule has 136 valence electrons. The second-order valence-corrected chi connectivity index (χ2v) is 5.41. The third-order valence-electron chi connectivity index (χ3n) is 3.20. The Hall–Kier alpha value is -3.06. The highest BCUT2D eigenvalue weighted by molar-refractivity contribution is 6.40. The molecule has 2 N–H and O–H groups in total. The van der Waals surface area contributed by atoms with Crippen molar-refractivity contribution >= 4 is 35.3 Å². The zero-order chi connectivity index (χ0) is 18.9. The first-order chi connectivity index (χ1) is 12.5. The number of amides is 2. The third kappa shape index (κ3) is 5.22. The van der Waals surface area contributed by atoms with Crippen LogP contribution in [0.25, 0.3) is 0 Å². The minimum absolute atomic E-state index is 0.283. The minimum Gasteiger partial charge on any atom is -0.495 e. The highest BCUT2D eigenvalue weighted by Crippen LogP contribution is 2.27. The summed E-state index contributed by atoms with van der Waals surface area (Å²) in [6.45, 7) is 2.37. The lowest BCUT2D eigenvalue weighted by Gasteiger charge is -2.09. The van der Waals surface area contributed by atoms with Gasteiger partial charge < -0.3 is 14.8 Å². The summed E-state index contributed by atoms with van der Waals surface area (Å²) >= 11 is 5.89. The van der Waals surface area contributed by atoms with Crippen LogP contribution in [-0.2, 0) is 9.59 Å². The zero-order valence-electron chi connectivity index (χ0n) is 14.3. The van der Waals surface area contributed by atoms with Crippen LogP contribution >= 0.6 is 11.6 Å². The van der Waals surface area contributed by atoms with Crippen LogP contribution in [0.5, 0.6) is 11.5 Å². The zero-order valence-corrected chi connectivity index (χ0v) is 15.0. The molecule has 0 aliphatic rings. The minimum atomic E-state index is -0.933. The molecule has 0 aromatic heterocycles. The Labute approximate surface area is 155 Å². The highest BCUT2D eigenvalue weighted by atomic mass is 35.5. The summed E-state index contributed by atoms with van der Waals surface area (Å²) in [7, 11) is 1.44. The largest absolute Gasteiger partial charge is 0.495 e. The van der Waals surface area contributed by atoms with Gasteiger partial charge in [-0.25, -0.2) is 5.43 Å². The number of ether oxygens (including phenoxy) is 2. The van der Waals surface area contributed by atoms with Gasteiger partial charge in [-0.3, -0.25) is 9.59 Å². The molecular weight excluding hydrogens is 358 g/mol. The number of hydrogen-bond acceptors (Lipinski definition) is 5. The Morgan fingerprint density at radius 1 is 1.15 bits per heavy atom. The van der Waals surface area contributed by atoms with Crippen LogP contribution in [0, 0.1) is 0 Å². The molecule has 0 spiro atoms. The van der Waals surface area contributed by atoms with Gasteiger partial charge in [-0.05, 0) is 37.3 Å². The van der Waals surface area contributed by atoms with E-state index in [4.69, 9.17) is 21.1 Å². The van der Waals surface area contributed by atoms with Crippen LogP contribution in [0.2, 0.25) is 5.02 Å². The summed E-state index contributed by atoms with van der Waals surface area (Å²) in [6, 6.07) is 11.9. The summed E-state index contributed by atoms with van der Waals surface area (Å²) < 4.78 is 10.6. The fourth-order valence-electron chi connectivity index (χ4n) is 2.04. The Kier molecular flexibility index (Phi) is 6.99. The smallest absolute Gasteiger partial charge is 0.329 e. The number of rotatable bonds is 6. The summed E-state index contributed by atoms with van der Waals surface area (Å²) in [5.41, 5.74) is 3.12. The average molecular weight is 376 g/mol. The van der Waals surface area contributed by atoms with Crippen molar-refractivity contribution in [2.45, 2.75) is 6.92 Å². The maximum absolute atomic E-state index is 12.0. The molecular formula is C18H18ClN3O4. The van der Waals surface area contributed by atoms with E-state index < -0.39 is 11.8 Å². The molecule has 0 fully saturated rings. The normalized spacial score (nSPS) is 10.4. The summed E-state index contributed by atoms with van der Waals surface area (Å²) in [6.07, 6.45) is 1.40. The molecule has 0 aliphatic heterocycles. The first-order valence-corrected chi connectivity index (χ1v) is 8.12. The number of carbonyl (C=O) groups excluding carboxylic acids is 2. The van der Waals surface area contributed by atoms with Crippen molar-refractivity contribution in [1.29, 1.82) is 0 Å². The van der Waals surface area contributed by atoms with Crippen LogP contribution in [-0.4, -0.2) is 31.7 Å². The molecule has 26 heavy (non-hydrogen) atoms. The first-order valence-electron chi connectivity index (χ1n) is 7.75. The van der Waals surface area contributed by atoms with Gasteiger partial charge in [0.2, 0.25) is 0 Å². The quantitative estimate of drug-likeness (QED) is 0.461. The Morgan fingerprint density at radius 3 is 2.65 bits per heavy atom. The van der Waals surface area contributed by atoms with E-state index in [-0.39, 0.29) is 5.69 Å². The molecule has 0 bridgehead atoms. The maximum atomic E-state index is 12.0.